The van der Waals surface area contributed by atoms with Gasteiger partial charge in [-0.2, -0.15) is 0 Å². The second kappa shape index (κ2) is 5.85. The van der Waals surface area contributed by atoms with Gasteiger partial charge in [-0.15, -0.1) is 0 Å². The predicted molar refractivity (Wildman–Crippen MR) is 67.7 cm³/mol. The lowest BCUT2D eigenvalue weighted by molar-refractivity contribution is 0.152. The standard InChI is InChI=1S/C10H27N3Si/c1-6-11-10(12-7-2,13-8-3)9(4,5)14/h11-13H,6-8H2,1-5,14H3. The maximum Gasteiger partial charge on any atom is 0.125 e. The maximum atomic E-state index is 3.55. The summed E-state index contributed by atoms with van der Waals surface area (Å²) in [6, 6.07) is 0. The van der Waals surface area contributed by atoms with Crippen molar-refractivity contribution in [3.05, 3.63) is 0 Å². The van der Waals surface area contributed by atoms with E-state index in [9.17, 15) is 0 Å². The summed E-state index contributed by atoms with van der Waals surface area (Å²) in [5, 5.41) is 10.9. The fourth-order valence-corrected chi connectivity index (χ4v) is 2.31. The van der Waals surface area contributed by atoms with Gasteiger partial charge in [0.1, 0.15) is 5.79 Å². The molecule has 0 spiro atoms. The molecule has 0 amide bonds. The summed E-state index contributed by atoms with van der Waals surface area (Å²) in [7, 11) is 1.14. The van der Waals surface area contributed by atoms with Crippen molar-refractivity contribution in [1.29, 1.82) is 0 Å². The molecule has 14 heavy (non-hydrogen) atoms. The lowest BCUT2D eigenvalue weighted by atomic mass is 10.0. The molecule has 0 bridgehead atoms. The zero-order valence-corrected chi connectivity index (χ0v) is 12.6. The zero-order valence-electron chi connectivity index (χ0n) is 10.6. The monoisotopic (exact) mass is 217 g/mol. The molecule has 0 aliphatic rings. The Balaban J connectivity index is 4.73. The van der Waals surface area contributed by atoms with Crippen LogP contribution in [0.2, 0.25) is 5.04 Å². The highest BCUT2D eigenvalue weighted by Gasteiger charge is 2.39. The Morgan fingerprint density at radius 1 is 0.857 bits per heavy atom. The van der Waals surface area contributed by atoms with Gasteiger partial charge < -0.3 is 0 Å². The Hall–Kier alpha value is 0.0969. The summed E-state index contributed by atoms with van der Waals surface area (Å²) < 4.78 is 0. The van der Waals surface area contributed by atoms with Crippen molar-refractivity contribution < 1.29 is 0 Å². The molecule has 0 aliphatic heterocycles. The molecule has 0 aromatic carbocycles. The lowest BCUT2D eigenvalue weighted by Crippen LogP contribution is -2.71. The van der Waals surface area contributed by atoms with E-state index in [1.165, 1.54) is 0 Å². The highest BCUT2D eigenvalue weighted by atomic mass is 28.1. The number of rotatable bonds is 7. The van der Waals surface area contributed by atoms with Crippen molar-refractivity contribution >= 4 is 10.2 Å². The average Bonchev–Trinajstić information content (AvgIpc) is 2.03. The Morgan fingerprint density at radius 3 is 1.29 bits per heavy atom. The topological polar surface area (TPSA) is 36.1 Å². The van der Waals surface area contributed by atoms with Gasteiger partial charge in [0.25, 0.3) is 0 Å². The van der Waals surface area contributed by atoms with E-state index < -0.39 is 0 Å². The van der Waals surface area contributed by atoms with Gasteiger partial charge >= 0.3 is 0 Å². The van der Waals surface area contributed by atoms with E-state index in [1.54, 1.807) is 0 Å². The summed E-state index contributed by atoms with van der Waals surface area (Å²) in [4.78, 5) is 0. The maximum absolute atomic E-state index is 3.55. The molecule has 0 heterocycles. The van der Waals surface area contributed by atoms with Crippen LogP contribution in [0.4, 0.5) is 0 Å². The van der Waals surface area contributed by atoms with Crippen molar-refractivity contribution in [2.75, 3.05) is 19.6 Å². The van der Waals surface area contributed by atoms with Crippen LogP contribution in [0.25, 0.3) is 0 Å². The molecule has 0 saturated heterocycles. The molecule has 0 aromatic rings. The number of hydrogen-bond donors (Lipinski definition) is 3. The van der Waals surface area contributed by atoms with Crippen LogP contribution in [-0.2, 0) is 0 Å². The van der Waals surface area contributed by atoms with Crippen molar-refractivity contribution in [2.45, 2.75) is 45.4 Å². The predicted octanol–water partition coefficient (Wildman–Crippen LogP) is 0.0326. The van der Waals surface area contributed by atoms with Crippen LogP contribution in [0, 0.1) is 0 Å². The van der Waals surface area contributed by atoms with Crippen LogP contribution in [-0.4, -0.2) is 35.7 Å². The van der Waals surface area contributed by atoms with Crippen LogP contribution in [0.5, 0.6) is 0 Å². The third kappa shape index (κ3) is 3.35. The van der Waals surface area contributed by atoms with E-state index >= 15 is 0 Å². The average molecular weight is 217 g/mol. The minimum absolute atomic E-state index is 0.0997. The molecule has 4 heteroatoms. The molecule has 0 unspecified atom stereocenters. The fourth-order valence-electron chi connectivity index (χ4n) is 1.78. The van der Waals surface area contributed by atoms with Crippen LogP contribution < -0.4 is 16.0 Å². The summed E-state index contributed by atoms with van der Waals surface area (Å²) in [6.45, 7) is 14.0. The van der Waals surface area contributed by atoms with E-state index in [-0.39, 0.29) is 10.8 Å². The fraction of sp³-hybridized carbons (Fsp3) is 1.00. The molecule has 0 aromatic heterocycles. The van der Waals surface area contributed by atoms with Gasteiger partial charge in [0.05, 0.1) is 0 Å². The third-order valence-electron chi connectivity index (χ3n) is 2.45. The largest absolute Gasteiger partial charge is 0.287 e. The minimum atomic E-state index is -0.0997. The van der Waals surface area contributed by atoms with Crippen LogP contribution in [0.1, 0.15) is 34.6 Å². The quantitative estimate of drug-likeness (QED) is 0.416. The van der Waals surface area contributed by atoms with Crippen LogP contribution in [0.3, 0.4) is 0 Å². The summed E-state index contributed by atoms with van der Waals surface area (Å²) in [6.07, 6.45) is 0. The second-order valence-corrected chi connectivity index (χ2v) is 7.09. The first-order chi connectivity index (χ1) is 6.43. The van der Waals surface area contributed by atoms with Gasteiger partial charge in [0.2, 0.25) is 0 Å². The second-order valence-electron chi connectivity index (χ2n) is 4.59. The van der Waals surface area contributed by atoms with Crippen molar-refractivity contribution in [3.8, 4) is 0 Å². The van der Waals surface area contributed by atoms with E-state index in [0.717, 1.165) is 29.9 Å². The van der Waals surface area contributed by atoms with Gasteiger partial charge in [-0.1, -0.05) is 34.6 Å². The Labute approximate surface area is 91.8 Å². The first kappa shape index (κ1) is 14.1. The molecule has 0 atom stereocenters. The smallest absolute Gasteiger partial charge is 0.125 e. The third-order valence-corrected chi connectivity index (χ3v) is 3.20. The number of hydrogen-bond acceptors (Lipinski definition) is 3. The van der Waals surface area contributed by atoms with Gasteiger partial charge in [-0.3, -0.25) is 16.0 Å². The zero-order chi connectivity index (χ0) is 11.2. The van der Waals surface area contributed by atoms with Crippen molar-refractivity contribution in [3.63, 3.8) is 0 Å². The Kier molecular flexibility index (Phi) is 5.89. The van der Waals surface area contributed by atoms with Crippen molar-refractivity contribution in [1.82, 2.24) is 16.0 Å². The normalized spacial score (nSPS) is 13.5. The van der Waals surface area contributed by atoms with E-state index in [0.29, 0.717) is 0 Å². The van der Waals surface area contributed by atoms with E-state index in [1.807, 2.05) is 0 Å². The van der Waals surface area contributed by atoms with Gasteiger partial charge in [0.15, 0.2) is 0 Å². The first-order valence-electron chi connectivity index (χ1n) is 5.68. The van der Waals surface area contributed by atoms with Crippen LogP contribution >= 0.6 is 0 Å². The summed E-state index contributed by atoms with van der Waals surface area (Å²) in [5.74, 6) is -0.0997. The van der Waals surface area contributed by atoms with Gasteiger partial charge in [0, 0.05) is 10.2 Å². The highest BCUT2D eigenvalue weighted by Crippen LogP contribution is 2.30. The van der Waals surface area contributed by atoms with Crippen LogP contribution in [0.15, 0.2) is 0 Å². The Bertz CT molecular complexity index is 137. The Morgan fingerprint density at radius 2 is 1.14 bits per heavy atom. The molecule has 3 nitrogen and oxygen atoms in total. The molecule has 0 aliphatic carbocycles. The first-order valence-corrected chi connectivity index (χ1v) is 6.68. The van der Waals surface area contributed by atoms with Crippen molar-refractivity contribution in [2.24, 2.45) is 0 Å². The molecule has 0 radical (unpaired) electrons. The van der Waals surface area contributed by atoms with E-state index in [2.05, 4.69) is 50.6 Å². The van der Waals surface area contributed by atoms with Gasteiger partial charge in [-0.25, -0.2) is 0 Å². The van der Waals surface area contributed by atoms with E-state index in [4.69, 9.17) is 0 Å². The minimum Gasteiger partial charge on any atom is -0.287 e. The summed E-state index contributed by atoms with van der Waals surface area (Å²) in [5.41, 5.74) is 0. The molecular weight excluding hydrogens is 190 g/mol. The molecule has 0 saturated carbocycles. The summed E-state index contributed by atoms with van der Waals surface area (Å²) >= 11 is 0. The molecule has 0 rings (SSSR count). The lowest BCUT2D eigenvalue weighted by Gasteiger charge is -2.46. The molecular formula is C10H27N3Si. The SMILES string of the molecule is CCNC(NCC)(NCC)C(C)(C)[SiH3]. The van der Waals surface area contributed by atoms with Gasteiger partial charge in [-0.05, 0) is 24.7 Å². The number of nitrogens with one attached hydrogen (secondary N) is 3. The molecule has 86 valence electrons. The molecule has 3 N–H and O–H groups in total. The highest BCUT2D eigenvalue weighted by molar-refractivity contribution is 6.15. The molecule has 0 fully saturated rings.